The summed E-state index contributed by atoms with van der Waals surface area (Å²) in [6.45, 7) is 6.20. The third-order valence-corrected chi connectivity index (χ3v) is 7.08. The van der Waals surface area contributed by atoms with Gasteiger partial charge in [0.15, 0.2) is 6.10 Å². The number of carbonyl (C=O) groups excluding carboxylic acids is 2. The van der Waals surface area contributed by atoms with Crippen LogP contribution in [0.3, 0.4) is 0 Å². The van der Waals surface area contributed by atoms with Crippen molar-refractivity contribution in [2.75, 3.05) is 30.5 Å². The van der Waals surface area contributed by atoms with E-state index in [4.69, 9.17) is 18.9 Å². The molecule has 1 fully saturated rings. The van der Waals surface area contributed by atoms with Crippen molar-refractivity contribution in [2.24, 2.45) is 0 Å². The molecule has 0 radical (unpaired) electrons. The van der Waals surface area contributed by atoms with E-state index in [9.17, 15) is 14.9 Å². The highest BCUT2D eigenvalue weighted by atomic mass is 79.9. The number of nitriles is 1. The van der Waals surface area contributed by atoms with Gasteiger partial charge >= 0.3 is 12.2 Å². The summed E-state index contributed by atoms with van der Waals surface area (Å²) in [4.78, 5) is 26.1. The molecular weight excluding hydrogens is 542 g/mol. The minimum Gasteiger partial charge on any atom is -0.480 e. The molecule has 0 aromatic heterocycles. The molecule has 1 aliphatic heterocycles. The quantitative estimate of drug-likeness (QED) is 0.311. The maximum Gasteiger partial charge on any atom is 0.513 e. The van der Waals surface area contributed by atoms with Gasteiger partial charge in [0.25, 0.3) is 0 Å². The van der Waals surface area contributed by atoms with Crippen LogP contribution >= 0.6 is 15.9 Å². The number of hydrogen-bond donors (Lipinski definition) is 1. The van der Waals surface area contributed by atoms with Crippen molar-refractivity contribution in [3.8, 4) is 17.6 Å². The molecule has 0 saturated heterocycles. The van der Waals surface area contributed by atoms with E-state index >= 15 is 0 Å². The van der Waals surface area contributed by atoms with Crippen LogP contribution in [-0.4, -0.2) is 38.6 Å². The van der Waals surface area contributed by atoms with Gasteiger partial charge in [-0.25, -0.2) is 9.59 Å². The molecule has 1 atom stereocenters. The zero-order valence-electron chi connectivity index (χ0n) is 20.7. The molecule has 1 unspecified atom stereocenters. The zero-order valence-corrected chi connectivity index (χ0v) is 22.3. The summed E-state index contributed by atoms with van der Waals surface area (Å²) < 4.78 is 22.4. The van der Waals surface area contributed by atoms with E-state index in [1.807, 2.05) is 6.07 Å². The van der Waals surface area contributed by atoms with Gasteiger partial charge in [-0.05, 0) is 71.4 Å². The Morgan fingerprint density at radius 3 is 2.70 bits per heavy atom. The van der Waals surface area contributed by atoms with Gasteiger partial charge in [0.05, 0.1) is 49.0 Å². The largest absolute Gasteiger partial charge is 0.513 e. The van der Waals surface area contributed by atoms with E-state index in [1.165, 1.54) is 12.0 Å². The summed E-state index contributed by atoms with van der Waals surface area (Å²) in [7, 11) is 1.27. The molecule has 1 aliphatic carbocycles. The molecule has 4 rings (SSSR count). The second-order valence-corrected chi connectivity index (χ2v) is 9.62. The lowest BCUT2D eigenvalue weighted by atomic mass is 9.96. The molecule has 10 heteroatoms. The van der Waals surface area contributed by atoms with Crippen LogP contribution in [-0.2, 0) is 9.47 Å². The molecular formula is C27H28BrN3O6. The van der Waals surface area contributed by atoms with Crippen molar-refractivity contribution < 1.29 is 28.5 Å². The number of halogens is 1. The van der Waals surface area contributed by atoms with Gasteiger partial charge in [0.1, 0.15) is 11.5 Å². The molecule has 0 spiro atoms. The number of nitrogens with one attached hydrogen (secondary N) is 1. The number of rotatable bonds is 6. The lowest BCUT2D eigenvalue weighted by Crippen LogP contribution is -2.45. The fourth-order valence-electron chi connectivity index (χ4n) is 4.60. The lowest BCUT2D eigenvalue weighted by molar-refractivity contribution is 0.121. The molecule has 0 bridgehead atoms. The first-order valence-electron chi connectivity index (χ1n) is 12.0. The summed E-state index contributed by atoms with van der Waals surface area (Å²) in [6.07, 6.45) is 2.34. The van der Waals surface area contributed by atoms with Gasteiger partial charge in [-0.3, -0.25) is 4.90 Å². The average Bonchev–Trinajstić information content (AvgIpc) is 3.44. The van der Waals surface area contributed by atoms with E-state index in [1.54, 1.807) is 31.2 Å². The van der Waals surface area contributed by atoms with Gasteiger partial charge < -0.3 is 24.3 Å². The Hall–Kier alpha value is -3.71. The molecule has 2 aliphatic rings. The Labute approximate surface area is 224 Å². The van der Waals surface area contributed by atoms with Crippen molar-refractivity contribution >= 4 is 39.6 Å². The van der Waals surface area contributed by atoms with Gasteiger partial charge in [0.2, 0.25) is 0 Å². The number of nitrogens with zero attached hydrogens (tertiary/aromatic N) is 2. The van der Waals surface area contributed by atoms with E-state index in [0.717, 1.165) is 35.7 Å². The van der Waals surface area contributed by atoms with Crippen molar-refractivity contribution in [1.82, 2.24) is 0 Å². The van der Waals surface area contributed by atoms with Crippen LogP contribution in [0.15, 0.2) is 47.1 Å². The van der Waals surface area contributed by atoms with Crippen LogP contribution in [0.5, 0.6) is 11.5 Å². The Morgan fingerprint density at radius 1 is 1.27 bits per heavy atom. The number of hydrogen-bond acceptors (Lipinski definition) is 8. The highest BCUT2D eigenvalue weighted by Crippen LogP contribution is 2.43. The fourth-order valence-corrected chi connectivity index (χ4v) is 5.06. The number of ether oxygens (including phenoxy) is 4. The molecule has 1 N–H and O–H groups in total. The predicted molar refractivity (Wildman–Crippen MR) is 141 cm³/mol. The van der Waals surface area contributed by atoms with Crippen molar-refractivity contribution in [2.45, 2.75) is 44.6 Å². The predicted octanol–water partition coefficient (Wildman–Crippen LogP) is 6.47. The molecule has 1 amide bonds. The molecule has 1 heterocycles. The molecule has 37 heavy (non-hydrogen) atoms. The number of fused-ring (bicyclic) bond motifs is 1. The highest BCUT2D eigenvalue weighted by molar-refractivity contribution is 9.10. The molecule has 9 nitrogen and oxygen atoms in total. The average molecular weight is 570 g/mol. The minimum absolute atomic E-state index is 0.121. The Kier molecular flexibility index (Phi) is 8.24. The molecule has 2 aromatic carbocycles. The first-order chi connectivity index (χ1) is 17.8. The van der Waals surface area contributed by atoms with E-state index < -0.39 is 18.4 Å². The van der Waals surface area contributed by atoms with Gasteiger partial charge in [-0.15, -0.1) is 0 Å². The second-order valence-electron chi connectivity index (χ2n) is 8.77. The number of benzene rings is 2. The summed E-state index contributed by atoms with van der Waals surface area (Å²) in [5, 5.41) is 12.5. The molecule has 1 saturated carbocycles. The summed E-state index contributed by atoms with van der Waals surface area (Å²) >= 11 is 3.63. The first-order valence-corrected chi connectivity index (χ1v) is 12.8. The smallest absolute Gasteiger partial charge is 0.480 e. The standard InChI is InChI=1S/C27H28BrN3O6/c1-4-35-26(32)31-15-25(36-23-10-9-17(14-29)11-22(23)31)16(2)30-21-13-24(37-27(33)34-3)19(12-20(21)28)18-7-5-6-8-18/h9-13,18,25,30H,2,4-8,15H2,1,3H3. The van der Waals surface area contributed by atoms with Crippen molar-refractivity contribution in [3.63, 3.8) is 0 Å². The minimum atomic E-state index is -0.791. The monoisotopic (exact) mass is 569 g/mol. The molecule has 194 valence electrons. The Morgan fingerprint density at radius 2 is 2.03 bits per heavy atom. The zero-order chi connectivity index (χ0) is 26.5. The topological polar surface area (TPSA) is 110 Å². The van der Waals surface area contributed by atoms with Crippen LogP contribution in [0.4, 0.5) is 21.0 Å². The van der Waals surface area contributed by atoms with Crippen molar-refractivity contribution in [1.29, 1.82) is 5.26 Å². The van der Waals surface area contributed by atoms with Crippen LogP contribution in [0, 0.1) is 11.3 Å². The maximum atomic E-state index is 12.7. The van der Waals surface area contributed by atoms with E-state index in [2.05, 4.69) is 33.9 Å². The van der Waals surface area contributed by atoms with Crippen LogP contribution < -0.4 is 19.7 Å². The van der Waals surface area contributed by atoms with Crippen molar-refractivity contribution in [3.05, 3.63) is 58.2 Å². The highest BCUT2D eigenvalue weighted by Gasteiger charge is 2.33. The summed E-state index contributed by atoms with van der Waals surface area (Å²) in [6, 6.07) is 10.6. The normalized spacial score (nSPS) is 16.7. The Balaban J connectivity index is 1.61. The lowest BCUT2D eigenvalue weighted by Gasteiger charge is -2.35. The number of amides is 1. The third kappa shape index (κ3) is 5.83. The van der Waals surface area contributed by atoms with E-state index in [0.29, 0.717) is 40.1 Å². The van der Waals surface area contributed by atoms with Gasteiger partial charge in [-0.1, -0.05) is 19.4 Å². The third-order valence-electron chi connectivity index (χ3n) is 6.42. The number of methoxy groups -OCH3 is 1. The van der Waals surface area contributed by atoms with Gasteiger partial charge in [0, 0.05) is 10.5 Å². The SMILES string of the molecule is C=C(Nc1cc(OC(=O)OC)c(C2CCCC2)cc1Br)C1CN(C(=O)OCC)c2cc(C#N)ccc2O1. The van der Waals surface area contributed by atoms with Crippen LogP contribution in [0.25, 0.3) is 0 Å². The number of carbonyl (C=O) groups is 2. The Bertz CT molecular complexity index is 1250. The fraction of sp³-hybridized carbons (Fsp3) is 0.370. The van der Waals surface area contributed by atoms with Crippen LogP contribution in [0.2, 0.25) is 0 Å². The number of anilines is 2. The second kappa shape index (κ2) is 11.6. The maximum absolute atomic E-state index is 12.7. The van der Waals surface area contributed by atoms with E-state index in [-0.39, 0.29) is 13.2 Å². The molecule has 2 aromatic rings. The summed E-state index contributed by atoms with van der Waals surface area (Å²) in [5.74, 6) is 1.14. The van der Waals surface area contributed by atoms with Crippen LogP contribution in [0.1, 0.15) is 49.7 Å². The van der Waals surface area contributed by atoms with Gasteiger partial charge in [-0.2, -0.15) is 5.26 Å². The first kappa shape index (κ1) is 26.4. The summed E-state index contributed by atoms with van der Waals surface area (Å²) in [5.41, 5.74) is 2.88.